The van der Waals surface area contributed by atoms with E-state index in [2.05, 4.69) is 9.80 Å². The monoisotopic (exact) mass is 377 g/mol. The quantitative estimate of drug-likeness (QED) is 0.754. The zero-order chi connectivity index (χ0) is 19.4. The number of benzene rings is 2. The summed E-state index contributed by atoms with van der Waals surface area (Å²) >= 11 is 0. The van der Waals surface area contributed by atoms with E-state index in [4.69, 9.17) is 5.26 Å². The first-order chi connectivity index (χ1) is 12.8. The smallest absolute Gasteiger partial charge is 0.297 e. The maximum absolute atomic E-state index is 13.9. The number of hydrogen-bond donors (Lipinski definition) is 0. The molecular weight excluding hydrogens is 358 g/mol. The van der Waals surface area contributed by atoms with Crippen LogP contribution in [0.4, 0.5) is 17.6 Å². The van der Waals surface area contributed by atoms with Crippen LogP contribution in [0.3, 0.4) is 0 Å². The minimum Gasteiger partial charge on any atom is -0.297 e. The number of nitriles is 1. The molecule has 0 aromatic heterocycles. The third-order valence-electron chi connectivity index (χ3n) is 4.69. The molecule has 7 heteroatoms. The fourth-order valence-corrected chi connectivity index (χ4v) is 3.22. The van der Waals surface area contributed by atoms with Gasteiger partial charge in [0.1, 0.15) is 5.82 Å². The number of hydrogen-bond acceptors (Lipinski definition) is 3. The van der Waals surface area contributed by atoms with Gasteiger partial charge < -0.3 is 0 Å². The number of alkyl halides is 3. The zero-order valence-corrected chi connectivity index (χ0v) is 14.6. The van der Waals surface area contributed by atoms with Gasteiger partial charge in [-0.15, -0.1) is 0 Å². The van der Waals surface area contributed by atoms with E-state index in [0.717, 1.165) is 6.07 Å². The molecule has 1 fully saturated rings. The van der Waals surface area contributed by atoms with Crippen molar-refractivity contribution >= 4 is 0 Å². The van der Waals surface area contributed by atoms with Crippen molar-refractivity contribution in [2.24, 2.45) is 0 Å². The Kier molecular flexibility index (Phi) is 5.78. The highest BCUT2D eigenvalue weighted by atomic mass is 19.4. The van der Waals surface area contributed by atoms with Gasteiger partial charge in [0.2, 0.25) is 0 Å². The molecule has 0 saturated carbocycles. The van der Waals surface area contributed by atoms with Crippen molar-refractivity contribution in [3.63, 3.8) is 0 Å². The highest BCUT2D eigenvalue weighted by Crippen LogP contribution is 2.29. The molecule has 27 heavy (non-hydrogen) atoms. The summed E-state index contributed by atoms with van der Waals surface area (Å²) in [6.45, 7) is 3.63. The number of nitrogens with zero attached hydrogens (tertiary/aromatic N) is 3. The number of piperazine rings is 1. The Bertz CT molecular complexity index is 834. The van der Waals surface area contributed by atoms with Crippen molar-refractivity contribution in [2.75, 3.05) is 26.2 Å². The normalized spacial score (nSPS) is 16.3. The molecule has 0 bridgehead atoms. The predicted molar refractivity (Wildman–Crippen MR) is 93.1 cm³/mol. The summed E-state index contributed by atoms with van der Waals surface area (Å²) in [4.78, 5) is 4.18. The average molecular weight is 377 g/mol. The lowest BCUT2D eigenvalue weighted by molar-refractivity contribution is -0.137. The maximum Gasteiger partial charge on any atom is 0.416 e. The van der Waals surface area contributed by atoms with E-state index in [9.17, 15) is 17.6 Å². The van der Waals surface area contributed by atoms with Gasteiger partial charge in [-0.05, 0) is 29.8 Å². The first-order valence-electron chi connectivity index (χ1n) is 8.64. The molecule has 0 aliphatic carbocycles. The molecule has 0 spiro atoms. The molecule has 1 aliphatic rings. The second-order valence-corrected chi connectivity index (χ2v) is 6.67. The molecule has 0 N–H and O–H groups in total. The third kappa shape index (κ3) is 5.06. The van der Waals surface area contributed by atoms with Crippen LogP contribution in [0.15, 0.2) is 42.5 Å². The fraction of sp³-hybridized carbons (Fsp3) is 0.350. The van der Waals surface area contributed by atoms with Gasteiger partial charge in [-0.1, -0.05) is 18.2 Å². The van der Waals surface area contributed by atoms with Gasteiger partial charge in [-0.25, -0.2) is 4.39 Å². The van der Waals surface area contributed by atoms with E-state index in [1.165, 1.54) is 24.3 Å². The van der Waals surface area contributed by atoms with E-state index < -0.39 is 11.7 Å². The summed E-state index contributed by atoms with van der Waals surface area (Å²) in [6.07, 6.45) is -4.34. The average Bonchev–Trinajstić information content (AvgIpc) is 2.65. The minimum absolute atomic E-state index is 0.333. The van der Waals surface area contributed by atoms with Gasteiger partial charge in [0.25, 0.3) is 0 Å². The second-order valence-electron chi connectivity index (χ2n) is 6.67. The maximum atomic E-state index is 13.9. The van der Waals surface area contributed by atoms with Crippen LogP contribution >= 0.6 is 0 Å². The number of rotatable bonds is 4. The summed E-state index contributed by atoms with van der Waals surface area (Å²) in [6, 6.07) is 11.7. The van der Waals surface area contributed by atoms with Gasteiger partial charge in [0.15, 0.2) is 0 Å². The van der Waals surface area contributed by atoms with Gasteiger partial charge in [-0.3, -0.25) is 9.80 Å². The van der Waals surface area contributed by atoms with E-state index >= 15 is 0 Å². The van der Waals surface area contributed by atoms with Crippen molar-refractivity contribution < 1.29 is 17.6 Å². The van der Waals surface area contributed by atoms with E-state index in [1.54, 1.807) is 12.1 Å². The minimum atomic E-state index is -4.34. The predicted octanol–water partition coefficient (Wildman–Crippen LogP) is 4.03. The van der Waals surface area contributed by atoms with E-state index in [-0.39, 0.29) is 5.82 Å². The highest BCUT2D eigenvalue weighted by molar-refractivity contribution is 5.33. The van der Waals surface area contributed by atoms with Crippen LogP contribution in [0.2, 0.25) is 0 Å². The Hall–Kier alpha value is -2.43. The zero-order valence-electron chi connectivity index (χ0n) is 14.6. The topological polar surface area (TPSA) is 30.3 Å². The second kappa shape index (κ2) is 8.07. The fourth-order valence-electron chi connectivity index (χ4n) is 3.22. The summed E-state index contributed by atoms with van der Waals surface area (Å²) in [7, 11) is 0. The standard InChI is InChI=1S/C20H19F4N3/c21-19-5-4-15(12-25)10-17(19)14-27-8-6-26(7-9-27)13-16-2-1-3-18(11-16)20(22,23)24/h1-5,10-11H,6-9,13-14H2. The van der Waals surface area contributed by atoms with Crippen molar-refractivity contribution in [3.05, 3.63) is 70.5 Å². The molecule has 0 unspecified atom stereocenters. The molecule has 0 amide bonds. The van der Waals surface area contributed by atoms with Crippen LogP contribution < -0.4 is 0 Å². The summed E-state index contributed by atoms with van der Waals surface area (Å²) < 4.78 is 52.4. The van der Waals surface area contributed by atoms with E-state index in [0.29, 0.717) is 56.0 Å². The Balaban J connectivity index is 1.56. The lowest BCUT2D eigenvalue weighted by Gasteiger charge is -2.34. The van der Waals surface area contributed by atoms with Crippen LogP contribution in [0.5, 0.6) is 0 Å². The number of halogens is 4. The molecule has 1 heterocycles. The molecule has 1 saturated heterocycles. The van der Waals surface area contributed by atoms with Crippen molar-refractivity contribution in [1.29, 1.82) is 5.26 Å². The lowest BCUT2D eigenvalue weighted by atomic mass is 10.1. The Morgan fingerprint density at radius 1 is 0.926 bits per heavy atom. The first kappa shape index (κ1) is 19.3. The molecule has 142 valence electrons. The molecule has 0 atom stereocenters. The Labute approximate surface area is 155 Å². The van der Waals surface area contributed by atoms with Crippen molar-refractivity contribution in [2.45, 2.75) is 19.3 Å². The van der Waals surface area contributed by atoms with Crippen molar-refractivity contribution in [1.82, 2.24) is 9.80 Å². The van der Waals surface area contributed by atoms with Gasteiger partial charge in [-0.2, -0.15) is 18.4 Å². The van der Waals surface area contributed by atoms with Crippen LogP contribution in [-0.2, 0) is 19.3 Å². The molecule has 0 radical (unpaired) electrons. The van der Waals surface area contributed by atoms with E-state index in [1.807, 2.05) is 6.07 Å². The van der Waals surface area contributed by atoms with Crippen molar-refractivity contribution in [3.8, 4) is 6.07 Å². The van der Waals surface area contributed by atoms with Gasteiger partial charge >= 0.3 is 6.18 Å². The molecule has 2 aromatic rings. The molecule has 3 nitrogen and oxygen atoms in total. The van der Waals surface area contributed by atoms with Crippen LogP contribution in [-0.4, -0.2) is 36.0 Å². The SMILES string of the molecule is N#Cc1ccc(F)c(CN2CCN(Cc3cccc(C(F)(F)F)c3)CC2)c1. The Morgan fingerprint density at radius 2 is 1.59 bits per heavy atom. The van der Waals surface area contributed by atoms with Gasteiger partial charge in [0, 0.05) is 44.8 Å². The Morgan fingerprint density at radius 3 is 2.22 bits per heavy atom. The largest absolute Gasteiger partial charge is 0.416 e. The van der Waals surface area contributed by atoms with Crippen LogP contribution in [0.25, 0.3) is 0 Å². The molecular formula is C20H19F4N3. The molecule has 3 rings (SSSR count). The summed E-state index contributed by atoms with van der Waals surface area (Å²) in [5, 5.41) is 8.94. The van der Waals surface area contributed by atoms with Crippen LogP contribution in [0, 0.1) is 17.1 Å². The lowest BCUT2D eigenvalue weighted by Crippen LogP contribution is -2.45. The first-order valence-corrected chi connectivity index (χ1v) is 8.64. The third-order valence-corrected chi connectivity index (χ3v) is 4.69. The molecule has 2 aromatic carbocycles. The van der Waals surface area contributed by atoms with Crippen LogP contribution in [0.1, 0.15) is 22.3 Å². The molecule has 1 aliphatic heterocycles. The summed E-state index contributed by atoms with van der Waals surface area (Å²) in [5.74, 6) is -0.333. The van der Waals surface area contributed by atoms with Gasteiger partial charge in [0.05, 0.1) is 17.2 Å². The highest BCUT2D eigenvalue weighted by Gasteiger charge is 2.30. The summed E-state index contributed by atoms with van der Waals surface area (Å²) in [5.41, 5.74) is 0.910.